The largest absolute Gasteiger partial charge is 0.305 e. The van der Waals surface area contributed by atoms with Crippen LogP contribution in [0.1, 0.15) is 30.6 Å². The molecule has 102 valence electrons. The second-order valence-corrected chi connectivity index (χ2v) is 4.05. The van der Waals surface area contributed by atoms with Gasteiger partial charge in [0.2, 0.25) is 0 Å². The van der Waals surface area contributed by atoms with E-state index in [2.05, 4.69) is 20.7 Å². The number of hydrogen-bond acceptors (Lipinski definition) is 3. The molecule has 19 heavy (non-hydrogen) atoms. The molecule has 2 aromatic rings. The summed E-state index contributed by atoms with van der Waals surface area (Å²) in [5.41, 5.74) is 0.416. The summed E-state index contributed by atoms with van der Waals surface area (Å²) in [6.45, 7) is 2.52. The third-order valence-corrected chi connectivity index (χ3v) is 2.70. The van der Waals surface area contributed by atoms with Gasteiger partial charge in [-0.25, -0.2) is 13.2 Å². The number of nitrogens with zero attached hydrogens (tertiary/aromatic N) is 2. The van der Waals surface area contributed by atoms with E-state index in [4.69, 9.17) is 0 Å². The predicted molar refractivity (Wildman–Crippen MR) is 62.8 cm³/mol. The van der Waals surface area contributed by atoms with Crippen LogP contribution in [-0.2, 0) is 0 Å². The molecule has 2 N–H and O–H groups in total. The monoisotopic (exact) mass is 270 g/mol. The molecule has 0 aliphatic heterocycles. The number of hydrogen-bond donors (Lipinski definition) is 2. The van der Waals surface area contributed by atoms with Crippen molar-refractivity contribution in [3.63, 3.8) is 0 Å². The maximum atomic E-state index is 13.8. The average molecular weight is 270 g/mol. The van der Waals surface area contributed by atoms with Crippen LogP contribution in [0.15, 0.2) is 18.3 Å². The lowest BCUT2D eigenvalue weighted by Crippen LogP contribution is -2.25. The van der Waals surface area contributed by atoms with Gasteiger partial charge in [0.25, 0.3) is 0 Å². The zero-order valence-corrected chi connectivity index (χ0v) is 10.3. The maximum Gasteiger partial charge on any atom is 0.194 e. The first-order valence-corrected chi connectivity index (χ1v) is 5.87. The first-order chi connectivity index (χ1) is 9.15. The Morgan fingerprint density at radius 3 is 2.68 bits per heavy atom. The molecule has 1 heterocycles. The van der Waals surface area contributed by atoms with E-state index in [1.54, 1.807) is 0 Å². The van der Waals surface area contributed by atoms with Gasteiger partial charge in [-0.05, 0) is 19.0 Å². The van der Waals surface area contributed by atoms with Gasteiger partial charge in [0, 0.05) is 5.56 Å². The molecule has 7 heteroatoms. The Hall–Kier alpha value is -1.89. The molecule has 0 radical (unpaired) electrons. The minimum absolute atomic E-state index is 0.00116. The summed E-state index contributed by atoms with van der Waals surface area (Å²) in [4.78, 5) is 0. The average Bonchev–Trinajstić information content (AvgIpc) is 2.92. The SMILES string of the molecule is CCCNC(c1cn[nH]n1)c1ccc(F)c(F)c1F. The topological polar surface area (TPSA) is 53.6 Å². The Morgan fingerprint density at radius 2 is 2.05 bits per heavy atom. The Balaban J connectivity index is 2.41. The smallest absolute Gasteiger partial charge is 0.194 e. The van der Waals surface area contributed by atoms with E-state index in [1.165, 1.54) is 12.3 Å². The number of aromatic nitrogens is 3. The Labute approximate surface area is 108 Å². The lowest BCUT2D eigenvalue weighted by molar-refractivity contribution is 0.431. The minimum atomic E-state index is -1.48. The fraction of sp³-hybridized carbons (Fsp3) is 0.333. The van der Waals surface area contributed by atoms with Crippen LogP contribution in [0.3, 0.4) is 0 Å². The van der Waals surface area contributed by atoms with Gasteiger partial charge in [0.05, 0.1) is 12.2 Å². The number of nitrogens with one attached hydrogen (secondary N) is 2. The van der Waals surface area contributed by atoms with Gasteiger partial charge < -0.3 is 5.32 Å². The number of H-pyrrole nitrogens is 1. The third-order valence-electron chi connectivity index (χ3n) is 2.70. The highest BCUT2D eigenvalue weighted by atomic mass is 19.2. The van der Waals surface area contributed by atoms with Crippen LogP contribution < -0.4 is 5.32 Å². The molecule has 0 aliphatic carbocycles. The summed E-state index contributed by atoms with van der Waals surface area (Å²) < 4.78 is 40.1. The van der Waals surface area contributed by atoms with Crippen LogP contribution in [0.25, 0.3) is 0 Å². The summed E-state index contributed by atoms with van der Waals surface area (Å²) in [7, 11) is 0. The fourth-order valence-electron chi connectivity index (χ4n) is 1.78. The lowest BCUT2D eigenvalue weighted by atomic mass is 10.0. The Bertz CT molecular complexity index is 542. The molecule has 4 nitrogen and oxygen atoms in total. The lowest BCUT2D eigenvalue weighted by Gasteiger charge is -2.17. The van der Waals surface area contributed by atoms with Crippen LogP contribution in [0, 0.1) is 17.5 Å². The molecule has 0 aliphatic rings. The van der Waals surface area contributed by atoms with E-state index in [9.17, 15) is 13.2 Å². The zero-order chi connectivity index (χ0) is 13.8. The number of aromatic amines is 1. The molecule has 0 spiro atoms. The van der Waals surface area contributed by atoms with Crippen molar-refractivity contribution in [2.24, 2.45) is 0 Å². The summed E-state index contributed by atoms with van der Waals surface area (Å²) in [5.74, 6) is -3.91. The maximum absolute atomic E-state index is 13.8. The van der Waals surface area contributed by atoms with E-state index in [-0.39, 0.29) is 5.56 Å². The Kier molecular flexibility index (Phi) is 4.16. The van der Waals surface area contributed by atoms with E-state index in [0.29, 0.717) is 12.2 Å². The molecule has 2 rings (SSSR count). The van der Waals surface area contributed by atoms with Gasteiger partial charge in [-0.1, -0.05) is 13.0 Å². The van der Waals surface area contributed by atoms with E-state index in [1.807, 2.05) is 6.92 Å². The quantitative estimate of drug-likeness (QED) is 0.820. The normalized spacial score (nSPS) is 12.6. The van der Waals surface area contributed by atoms with Crippen LogP contribution in [-0.4, -0.2) is 22.0 Å². The number of halogens is 3. The van der Waals surface area contributed by atoms with Gasteiger partial charge in [-0.15, -0.1) is 0 Å². The molecule has 1 unspecified atom stereocenters. The number of rotatable bonds is 5. The van der Waals surface area contributed by atoms with Crippen molar-refractivity contribution in [3.8, 4) is 0 Å². The van der Waals surface area contributed by atoms with Crippen molar-refractivity contribution in [1.82, 2.24) is 20.7 Å². The van der Waals surface area contributed by atoms with Gasteiger partial charge in [-0.2, -0.15) is 15.4 Å². The van der Waals surface area contributed by atoms with Crippen molar-refractivity contribution >= 4 is 0 Å². The third kappa shape index (κ3) is 2.76. The first-order valence-electron chi connectivity index (χ1n) is 5.87. The molecule has 0 saturated carbocycles. The van der Waals surface area contributed by atoms with Gasteiger partial charge in [0.1, 0.15) is 5.69 Å². The standard InChI is InChI=1S/C12H13F3N4/c1-2-5-16-12(9-6-17-19-18-9)7-3-4-8(13)11(15)10(7)14/h3-4,6,12,16H,2,5H2,1H3,(H,17,18,19). The van der Waals surface area contributed by atoms with Crippen LogP contribution >= 0.6 is 0 Å². The van der Waals surface area contributed by atoms with Gasteiger partial charge in [-0.3, -0.25) is 0 Å². The highest BCUT2D eigenvalue weighted by Gasteiger charge is 2.23. The molecule has 0 saturated heterocycles. The summed E-state index contributed by atoms with van der Waals surface area (Å²) >= 11 is 0. The van der Waals surface area contributed by atoms with Crippen LogP contribution in [0.2, 0.25) is 0 Å². The summed E-state index contributed by atoms with van der Waals surface area (Å²) in [6.07, 6.45) is 2.22. The molecule has 1 aromatic heterocycles. The Morgan fingerprint density at radius 1 is 1.26 bits per heavy atom. The van der Waals surface area contributed by atoms with Crippen molar-refractivity contribution in [3.05, 3.63) is 47.0 Å². The minimum Gasteiger partial charge on any atom is -0.305 e. The predicted octanol–water partition coefficient (Wildman–Crippen LogP) is 2.31. The molecule has 0 fully saturated rings. The summed E-state index contributed by atoms with van der Waals surface area (Å²) in [5, 5.41) is 12.9. The van der Waals surface area contributed by atoms with Crippen molar-refractivity contribution in [1.29, 1.82) is 0 Å². The molecule has 1 atom stereocenters. The van der Waals surface area contributed by atoms with Crippen molar-refractivity contribution in [2.75, 3.05) is 6.54 Å². The molecule has 0 bridgehead atoms. The van der Waals surface area contributed by atoms with Crippen molar-refractivity contribution in [2.45, 2.75) is 19.4 Å². The van der Waals surface area contributed by atoms with Gasteiger partial charge in [0.15, 0.2) is 17.5 Å². The second-order valence-electron chi connectivity index (χ2n) is 4.05. The molecule has 1 aromatic carbocycles. The zero-order valence-electron chi connectivity index (χ0n) is 10.3. The molecule has 0 amide bonds. The highest BCUT2D eigenvalue weighted by Crippen LogP contribution is 2.25. The first kappa shape index (κ1) is 13.5. The van der Waals surface area contributed by atoms with E-state index in [0.717, 1.165) is 12.5 Å². The van der Waals surface area contributed by atoms with E-state index < -0.39 is 23.5 Å². The highest BCUT2D eigenvalue weighted by molar-refractivity contribution is 5.29. The van der Waals surface area contributed by atoms with Crippen molar-refractivity contribution < 1.29 is 13.2 Å². The van der Waals surface area contributed by atoms with Crippen LogP contribution in [0.4, 0.5) is 13.2 Å². The molecular formula is C12H13F3N4. The van der Waals surface area contributed by atoms with Crippen LogP contribution in [0.5, 0.6) is 0 Å². The summed E-state index contributed by atoms with van der Waals surface area (Å²) in [6, 6.07) is 1.43. The number of benzene rings is 1. The van der Waals surface area contributed by atoms with E-state index >= 15 is 0 Å². The van der Waals surface area contributed by atoms with Gasteiger partial charge >= 0.3 is 0 Å². The fourth-order valence-corrected chi connectivity index (χ4v) is 1.78. The second kappa shape index (κ2) is 5.83. The molecular weight excluding hydrogens is 257 g/mol.